The second-order valence-electron chi connectivity index (χ2n) is 3.41. The van der Waals surface area contributed by atoms with Gasteiger partial charge in [-0.1, -0.05) is 13.8 Å². The fourth-order valence-corrected chi connectivity index (χ4v) is 1.61. The zero-order valence-electron chi connectivity index (χ0n) is 9.20. The summed E-state index contributed by atoms with van der Waals surface area (Å²) in [5.74, 6) is 0.749. The maximum absolute atomic E-state index is 5.83. The molecule has 0 saturated heterocycles. The molecule has 2 N–H and O–H groups in total. The van der Waals surface area contributed by atoms with E-state index in [2.05, 4.69) is 28.7 Å². The maximum atomic E-state index is 5.83. The van der Waals surface area contributed by atoms with Gasteiger partial charge in [-0.15, -0.1) is 0 Å². The van der Waals surface area contributed by atoms with E-state index in [1.165, 1.54) is 0 Å². The summed E-state index contributed by atoms with van der Waals surface area (Å²) in [4.78, 5) is 10.2. The van der Waals surface area contributed by atoms with Crippen molar-refractivity contribution in [2.75, 3.05) is 23.7 Å². The molecule has 0 spiro atoms. The molecule has 15 heavy (non-hydrogen) atoms. The zero-order valence-corrected chi connectivity index (χ0v) is 9.96. The SMILES string of the molecule is CCCN(CCC)c1nc(Cl)ncc1N. The predicted molar refractivity (Wildman–Crippen MR) is 64.2 cm³/mol. The molecule has 0 radical (unpaired) electrons. The molecule has 0 atom stereocenters. The number of hydrogen-bond donors (Lipinski definition) is 1. The number of anilines is 2. The molecule has 1 rings (SSSR count). The van der Waals surface area contributed by atoms with Crippen molar-refractivity contribution in [3.05, 3.63) is 11.5 Å². The minimum Gasteiger partial charge on any atom is -0.394 e. The second kappa shape index (κ2) is 5.75. The van der Waals surface area contributed by atoms with E-state index in [0.29, 0.717) is 5.69 Å². The lowest BCUT2D eigenvalue weighted by Crippen LogP contribution is -2.27. The van der Waals surface area contributed by atoms with Crippen molar-refractivity contribution in [2.45, 2.75) is 26.7 Å². The number of nitrogen functional groups attached to an aromatic ring is 1. The van der Waals surface area contributed by atoms with Gasteiger partial charge in [-0.3, -0.25) is 0 Å². The van der Waals surface area contributed by atoms with Gasteiger partial charge >= 0.3 is 0 Å². The van der Waals surface area contributed by atoms with Crippen molar-refractivity contribution in [3.63, 3.8) is 0 Å². The third kappa shape index (κ3) is 3.23. The lowest BCUT2D eigenvalue weighted by molar-refractivity contribution is 0.734. The van der Waals surface area contributed by atoms with Crippen LogP contribution in [0.3, 0.4) is 0 Å². The molecule has 0 fully saturated rings. The molecular weight excluding hydrogens is 212 g/mol. The first-order valence-corrected chi connectivity index (χ1v) is 5.59. The molecule has 4 nitrogen and oxygen atoms in total. The van der Waals surface area contributed by atoms with Crippen LogP contribution in [0.4, 0.5) is 11.5 Å². The van der Waals surface area contributed by atoms with E-state index in [1.807, 2.05) is 0 Å². The van der Waals surface area contributed by atoms with E-state index in [9.17, 15) is 0 Å². The van der Waals surface area contributed by atoms with E-state index < -0.39 is 0 Å². The Labute approximate surface area is 95.5 Å². The van der Waals surface area contributed by atoms with Crippen molar-refractivity contribution < 1.29 is 0 Å². The molecule has 84 valence electrons. The van der Waals surface area contributed by atoms with E-state index in [-0.39, 0.29) is 5.28 Å². The van der Waals surface area contributed by atoms with Gasteiger partial charge in [0.25, 0.3) is 0 Å². The van der Waals surface area contributed by atoms with Crippen molar-refractivity contribution in [3.8, 4) is 0 Å². The van der Waals surface area contributed by atoms with Crippen molar-refractivity contribution in [1.29, 1.82) is 0 Å². The first-order valence-electron chi connectivity index (χ1n) is 5.22. The summed E-state index contributed by atoms with van der Waals surface area (Å²) in [6, 6.07) is 0. The van der Waals surface area contributed by atoms with Crippen molar-refractivity contribution in [1.82, 2.24) is 9.97 Å². The van der Waals surface area contributed by atoms with Crippen LogP contribution in [0.25, 0.3) is 0 Å². The molecule has 0 aliphatic carbocycles. The smallest absolute Gasteiger partial charge is 0.224 e. The Morgan fingerprint density at radius 3 is 2.47 bits per heavy atom. The van der Waals surface area contributed by atoms with Gasteiger partial charge < -0.3 is 10.6 Å². The second-order valence-corrected chi connectivity index (χ2v) is 3.74. The van der Waals surface area contributed by atoms with E-state index in [0.717, 1.165) is 31.7 Å². The molecular formula is C10H17ClN4. The highest BCUT2D eigenvalue weighted by molar-refractivity contribution is 6.28. The fourth-order valence-electron chi connectivity index (χ4n) is 1.48. The summed E-state index contributed by atoms with van der Waals surface area (Å²) in [5.41, 5.74) is 6.41. The highest BCUT2D eigenvalue weighted by Crippen LogP contribution is 2.21. The van der Waals surface area contributed by atoms with Crippen LogP contribution in [0.2, 0.25) is 5.28 Å². The molecule has 0 bridgehead atoms. The Balaban J connectivity index is 2.93. The molecule has 1 aromatic rings. The number of nitrogens with zero attached hydrogens (tertiary/aromatic N) is 3. The summed E-state index contributed by atoms with van der Waals surface area (Å²) in [5, 5.41) is 0.247. The summed E-state index contributed by atoms with van der Waals surface area (Å²) >= 11 is 5.76. The largest absolute Gasteiger partial charge is 0.394 e. The summed E-state index contributed by atoms with van der Waals surface area (Å²) in [7, 11) is 0. The summed E-state index contributed by atoms with van der Waals surface area (Å²) in [6.07, 6.45) is 3.67. The van der Waals surface area contributed by atoms with E-state index >= 15 is 0 Å². The summed E-state index contributed by atoms with van der Waals surface area (Å²) < 4.78 is 0. The predicted octanol–water partition coefficient (Wildman–Crippen LogP) is 2.34. The van der Waals surface area contributed by atoms with Gasteiger partial charge in [-0.25, -0.2) is 4.98 Å². The molecule has 0 aliphatic rings. The van der Waals surface area contributed by atoms with Crippen molar-refractivity contribution >= 4 is 23.1 Å². The third-order valence-corrected chi connectivity index (χ3v) is 2.24. The van der Waals surface area contributed by atoms with Gasteiger partial charge in [0.05, 0.1) is 11.9 Å². The third-order valence-electron chi connectivity index (χ3n) is 2.05. The van der Waals surface area contributed by atoms with Gasteiger partial charge in [0.15, 0.2) is 5.82 Å². The first-order chi connectivity index (χ1) is 7.19. The molecule has 0 unspecified atom stereocenters. The van der Waals surface area contributed by atoms with Crippen LogP contribution in [0.5, 0.6) is 0 Å². The lowest BCUT2D eigenvalue weighted by atomic mass is 10.3. The fraction of sp³-hybridized carbons (Fsp3) is 0.600. The normalized spacial score (nSPS) is 10.3. The minimum absolute atomic E-state index is 0.247. The van der Waals surface area contributed by atoms with Gasteiger partial charge in [0, 0.05) is 13.1 Å². The zero-order chi connectivity index (χ0) is 11.3. The van der Waals surface area contributed by atoms with E-state index in [4.69, 9.17) is 17.3 Å². The highest BCUT2D eigenvalue weighted by atomic mass is 35.5. The monoisotopic (exact) mass is 228 g/mol. The Hall–Kier alpha value is -1.03. The minimum atomic E-state index is 0.247. The van der Waals surface area contributed by atoms with Gasteiger partial charge in [-0.2, -0.15) is 4.98 Å². The van der Waals surface area contributed by atoms with Crippen LogP contribution < -0.4 is 10.6 Å². The Morgan fingerprint density at radius 2 is 1.93 bits per heavy atom. The molecule has 1 aromatic heterocycles. The number of hydrogen-bond acceptors (Lipinski definition) is 4. The Bertz CT molecular complexity index is 310. The maximum Gasteiger partial charge on any atom is 0.224 e. The van der Waals surface area contributed by atoms with Crippen LogP contribution in [0, 0.1) is 0 Å². The van der Waals surface area contributed by atoms with Crippen LogP contribution in [0.15, 0.2) is 6.20 Å². The van der Waals surface area contributed by atoms with Gasteiger partial charge in [0.2, 0.25) is 5.28 Å². The number of aromatic nitrogens is 2. The quantitative estimate of drug-likeness (QED) is 0.786. The number of halogens is 1. The van der Waals surface area contributed by atoms with Crippen LogP contribution in [0.1, 0.15) is 26.7 Å². The average Bonchev–Trinajstić information content (AvgIpc) is 2.21. The molecule has 0 aromatic carbocycles. The molecule has 5 heteroatoms. The first kappa shape index (κ1) is 12.0. The Kier molecular flexibility index (Phi) is 4.62. The van der Waals surface area contributed by atoms with Crippen molar-refractivity contribution in [2.24, 2.45) is 0 Å². The van der Waals surface area contributed by atoms with Crippen LogP contribution in [-0.2, 0) is 0 Å². The van der Waals surface area contributed by atoms with Crippen LogP contribution in [-0.4, -0.2) is 23.1 Å². The molecule has 0 aliphatic heterocycles. The van der Waals surface area contributed by atoms with Crippen LogP contribution >= 0.6 is 11.6 Å². The topological polar surface area (TPSA) is 55.0 Å². The number of nitrogens with two attached hydrogens (primary N) is 1. The Morgan fingerprint density at radius 1 is 1.33 bits per heavy atom. The van der Waals surface area contributed by atoms with Gasteiger partial charge in [0.1, 0.15) is 0 Å². The molecule has 1 heterocycles. The highest BCUT2D eigenvalue weighted by Gasteiger charge is 2.10. The van der Waals surface area contributed by atoms with Gasteiger partial charge in [-0.05, 0) is 24.4 Å². The average molecular weight is 229 g/mol. The molecule has 0 saturated carbocycles. The standard InChI is InChI=1S/C10H17ClN4/c1-3-5-15(6-4-2)9-8(12)7-13-10(11)14-9/h7H,3-6,12H2,1-2H3. The lowest BCUT2D eigenvalue weighted by Gasteiger charge is -2.23. The molecule has 0 amide bonds. The number of rotatable bonds is 5. The van der Waals surface area contributed by atoms with E-state index in [1.54, 1.807) is 6.20 Å². The summed E-state index contributed by atoms with van der Waals surface area (Å²) in [6.45, 7) is 6.13.